The van der Waals surface area contributed by atoms with E-state index in [-0.39, 0.29) is 24.2 Å². The Hall–Kier alpha value is -2.20. The zero-order valence-electron chi connectivity index (χ0n) is 21.0. The fraction of sp³-hybridized carbons (Fsp3) is 0.826. The van der Waals surface area contributed by atoms with E-state index >= 15 is 0 Å². The first-order valence-corrected chi connectivity index (χ1v) is 11.9. The third-order valence-electron chi connectivity index (χ3n) is 5.71. The Morgan fingerprint density at radius 2 is 1.42 bits per heavy atom. The van der Waals surface area contributed by atoms with Gasteiger partial charge in [-0.1, -0.05) is 48.0 Å². The molecule has 5 unspecified atom stereocenters. The lowest BCUT2D eigenvalue weighted by atomic mass is 9.96. The molecule has 0 aliphatic heterocycles. The number of nitrogens with two attached hydrogens (primary N) is 2. The lowest BCUT2D eigenvalue weighted by Crippen LogP contribution is -2.59. The molecule has 10 heteroatoms. The van der Waals surface area contributed by atoms with Crippen molar-refractivity contribution in [3.63, 3.8) is 0 Å². The zero-order chi connectivity index (χ0) is 25.7. The Kier molecular flexibility index (Phi) is 14.6. The largest absolute Gasteiger partial charge is 0.480 e. The van der Waals surface area contributed by atoms with E-state index in [1.807, 2.05) is 27.7 Å². The highest BCUT2D eigenvalue weighted by molar-refractivity contribution is 5.94. The van der Waals surface area contributed by atoms with Gasteiger partial charge in [0.1, 0.15) is 18.1 Å². The molecular weight excluding hydrogens is 426 g/mol. The lowest BCUT2D eigenvalue weighted by molar-refractivity contribution is -0.142. The monoisotopic (exact) mass is 471 g/mol. The van der Waals surface area contributed by atoms with E-state index in [0.717, 1.165) is 6.42 Å². The van der Waals surface area contributed by atoms with Gasteiger partial charge in [-0.2, -0.15) is 0 Å². The van der Waals surface area contributed by atoms with Crippen LogP contribution in [0.15, 0.2) is 0 Å². The van der Waals surface area contributed by atoms with Crippen molar-refractivity contribution < 1.29 is 24.3 Å². The second kappa shape index (κ2) is 15.6. The maximum Gasteiger partial charge on any atom is 0.326 e. The molecule has 0 aliphatic rings. The third kappa shape index (κ3) is 11.5. The highest BCUT2D eigenvalue weighted by Gasteiger charge is 2.32. The van der Waals surface area contributed by atoms with Gasteiger partial charge in [-0.3, -0.25) is 14.4 Å². The molecule has 0 rings (SSSR count). The van der Waals surface area contributed by atoms with Crippen LogP contribution in [0.2, 0.25) is 0 Å². The summed E-state index contributed by atoms with van der Waals surface area (Å²) in [5, 5.41) is 17.4. The first-order valence-electron chi connectivity index (χ1n) is 11.9. The van der Waals surface area contributed by atoms with Gasteiger partial charge in [-0.15, -0.1) is 0 Å². The summed E-state index contributed by atoms with van der Waals surface area (Å²) >= 11 is 0. The van der Waals surface area contributed by atoms with Crippen LogP contribution in [0, 0.1) is 17.8 Å². The van der Waals surface area contributed by atoms with Gasteiger partial charge in [-0.05, 0) is 50.0 Å². The molecule has 3 amide bonds. The first-order chi connectivity index (χ1) is 15.3. The molecule has 0 radical (unpaired) electrons. The van der Waals surface area contributed by atoms with E-state index in [9.17, 15) is 24.3 Å². The summed E-state index contributed by atoms with van der Waals surface area (Å²) in [5.74, 6) is -2.87. The number of hydrogen-bond acceptors (Lipinski definition) is 6. The van der Waals surface area contributed by atoms with Gasteiger partial charge in [-0.25, -0.2) is 4.79 Å². The van der Waals surface area contributed by atoms with Gasteiger partial charge in [0.2, 0.25) is 17.7 Å². The SMILES string of the molecule is CCC(C)C(N)C(=O)NC(C(=O)NC(CC(C)C)C(=O)NC(CCCCN)C(=O)O)C(C)C. The molecule has 0 aromatic carbocycles. The molecule has 0 aliphatic carbocycles. The van der Waals surface area contributed by atoms with Gasteiger partial charge >= 0.3 is 5.97 Å². The van der Waals surface area contributed by atoms with E-state index in [4.69, 9.17) is 11.5 Å². The molecule has 0 spiro atoms. The van der Waals surface area contributed by atoms with Crippen LogP contribution < -0.4 is 27.4 Å². The number of carbonyl (C=O) groups is 4. The lowest BCUT2D eigenvalue weighted by Gasteiger charge is -2.28. The summed E-state index contributed by atoms with van der Waals surface area (Å²) < 4.78 is 0. The second-order valence-corrected chi connectivity index (χ2v) is 9.52. The number of amides is 3. The van der Waals surface area contributed by atoms with E-state index in [1.165, 1.54) is 0 Å². The van der Waals surface area contributed by atoms with E-state index in [0.29, 0.717) is 25.8 Å². The van der Waals surface area contributed by atoms with Crippen molar-refractivity contribution in [2.24, 2.45) is 29.2 Å². The van der Waals surface area contributed by atoms with Crippen molar-refractivity contribution in [1.82, 2.24) is 16.0 Å². The Bertz CT molecular complexity index is 641. The van der Waals surface area contributed by atoms with Crippen molar-refractivity contribution in [3.8, 4) is 0 Å². The smallest absolute Gasteiger partial charge is 0.326 e. The summed E-state index contributed by atoms with van der Waals surface area (Å²) in [6.07, 6.45) is 2.50. The van der Waals surface area contributed by atoms with Crippen LogP contribution in [0.3, 0.4) is 0 Å². The summed E-state index contributed by atoms with van der Waals surface area (Å²) in [6, 6.07) is -3.63. The van der Waals surface area contributed by atoms with Crippen molar-refractivity contribution >= 4 is 23.7 Å². The second-order valence-electron chi connectivity index (χ2n) is 9.52. The molecule has 33 heavy (non-hydrogen) atoms. The quantitative estimate of drug-likeness (QED) is 0.180. The Morgan fingerprint density at radius 3 is 1.88 bits per heavy atom. The highest BCUT2D eigenvalue weighted by Crippen LogP contribution is 2.11. The number of nitrogens with one attached hydrogen (secondary N) is 3. The summed E-state index contributed by atoms with van der Waals surface area (Å²) in [4.78, 5) is 50.0. The zero-order valence-corrected chi connectivity index (χ0v) is 21.0. The number of rotatable bonds is 16. The van der Waals surface area contributed by atoms with Gasteiger partial charge < -0.3 is 32.5 Å². The molecule has 192 valence electrons. The van der Waals surface area contributed by atoms with Crippen LogP contribution in [0.5, 0.6) is 0 Å². The Labute approximate surface area is 198 Å². The fourth-order valence-electron chi connectivity index (χ4n) is 3.28. The van der Waals surface area contributed by atoms with Gasteiger partial charge in [0.25, 0.3) is 0 Å². The summed E-state index contributed by atoms with van der Waals surface area (Å²) in [6.45, 7) is 11.6. The number of unbranched alkanes of at least 4 members (excludes halogenated alkanes) is 1. The molecule has 0 aromatic rings. The minimum Gasteiger partial charge on any atom is -0.480 e. The average molecular weight is 472 g/mol. The Morgan fingerprint density at radius 1 is 0.848 bits per heavy atom. The highest BCUT2D eigenvalue weighted by atomic mass is 16.4. The molecule has 0 fully saturated rings. The van der Waals surface area contributed by atoms with E-state index < -0.39 is 47.9 Å². The number of carboxylic acid groups (broad SMARTS) is 1. The van der Waals surface area contributed by atoms with E-state index in [2.05, 4.69) is 16.0 Å². The number of carboxylic acids is 1. The first kappa shape index (κ1) is 30.8. The molecule has 8 N–H and O–H groups in total. The molecule has 0 aromatic heterocycles. The molecule has 0 bridgehead atoms. The fourth-order valence-corrected chi connectivity index (χ4v) is 3.28. The van der Waals surface area contributed by atoms with Crippen molar-refractivity contribution in [1.29, 1.82) is 0 Å². The predicted octanol–water partition coefficient (Wildman–Crippen LogP) is 0.730. The molecule has 0 saturated carbocycles. The Balaban J connectivity index is 5.41. The van der Waals surface area contributed by atoms with Gasteiger partial charge in [0.15, 0.2) is 0 Å². The van der Waals surface area contributed by atoms with Crippen LogP contribution in [0.25, 0.3) is 0 Å². The topological polar surface area (TPSA) is 177 Å². The van der Waals surface area contributed by atoms with Crippen LogP contribution in [0.1, 0.15) is 73.6 Å². The van der Waals surface area contributed by atoms with Gasteiger partial charge in [0, 0.05) is 0 Å². The molecule has 5 atom stereocenters. The number of carbonyl (C=O) groups excluding carboxylic acids is 3. The average Bonchev–Trinajstić information content (AvgIpc) is 2.73. The van der Waals surface area contributed by atoms with Crippen LogP contribution in [-0.4, -0.2) is 59.5 Å². The molecular formula is C23H45N5O5. The number of aliphatic carboxylic acids is 1. The van der Waals surface area contributed by atoms with Crippen LogP contribution in [-0.2, 0) is 19.2 Å². The minimum atomic E-state index is -1.14. The predicted molar refractivity (Wildman–Crippen MR) is 128 cm³/mol. The maximum atomic E-state index is 13.0. The minimum absolute atomic E-state index is 0.0486. The van der Waals surface area contributed by atoms with Crippen LogP contribution in [0.4, 0.5) is 0 Å². The standard InChI is InChI=1S/C23H45N5O5/c1-7-15(6)18(25)21(30)28-19(14(4)5)22(31)27-17(12-13(2)3)20(29)26-16(23(32)33)10-8-9-11-24/h13-19H,7-12,24-25H2,1-6H3,(H,26,29)(H,27,31)(H,28,30)(H,32,33). The third-order valence-corrected chi connectivity index (χ3v) is 5.71. The number of hydrogen-bond donors (Lipinski definition) is 6. The van der Waals surface area contributed by atoms with Crippen molar-refractivity contribution in [3.05, 3.63) is 0 Å². The van der Waals surface area contributed by atoms with Crippen molar-refractivity contribution in [2.45, 2.75) is 97.8 Å². The van der Waals surface area contributed by atoms with Crippen LogP contribution >= 0.6 is 0 Å². The summed E-state index contributed by atoms with van der Waals surface area (Å²) in [7, 11) is 0. The van der Waals surface area contributed by atoms with Crippen molar-refractivity contribution in [2.75, 3.05) is 6.54 Å². The molecule has 0 saturated heterocycles. The maximum absolute atomic E-state index is 13.0. The molecule has 10 nitrogen and oxygen atoms in total. The van der Waals surface area contributed by atoms with E-state index in [1.54, 1.807) is 13.8 Å². The molecule has 0 heterocycles. The normalized spacial score (nSPS) is 15.9. The van der Waals surface area contributed by atoms with Gasteiger partial charge in [0.05, 0.1) is 6.04 Å². The summed E-state index contributed by atoms with van der Waals surface area (Å²) in [5.41, 5.74) is 11.5.